The molecule has 0 aliphatic carbocycles. The number of rotatable bonds is 6. The zero-order valence-electron chi connectivity index (χ0n) is 10.4. The van der Waals surface area contributed by atoms with E-state index in [9.17, 15) is 9.59 Å². The third-order valence-corrected chi connectivity index (χ3v) is 3.05. The van der Waals surface area contributed by atoms with Crippen LogP contribution in [0.3, 0.4) is 0 Å². The highest BCUT2D eigenvalue weighted by molar-refractivity contribution is 9.10. The maximum Gasteiger partial charge on any atom is 0.303 e. The Labute approximate surface area is 119 Å². The van der Waals surface area contributed by atoms with Crippen molar-refractivity contribution in [3.63, 3.8) is 0 Å². The topological polar surface area (TPSA) is 102 Å². The van der Waals surface area contributed by atoms with Gasteiger partial charge < -0.3 is 20.9 Å². The molecule has 0 aliphatic rings. The van der Waals surface area contributed by atoms with E-state index in [2.05, 4.69) is 21.2 Å². The van der Waals surface area contributed by atoms with Crippen LogP contribution in [0.25, 0.3) is 0 Å². The second-order valence-corrected chi connectivity index (χ2v) is 4.73. The molecular formula is C12H15BrN2O4. The molecule has 4 N–H and O–H groups in total. The molecule has 0 aromatic heterocycles. The number of carboxylic acid groups (broad SMARTS) is 1. The summed E-state index contributed by atoms with van der Waals surface area (Å²) in [6.45, 7) is 0. The zero-order chi connectivity index (χ0) is 14.4. The van der Waals surface area contributed by atoms with E-state index in [0.717, 1.165) is 0 Å². The fourth-order valence-electron chi connectivity index (χ4n) is 1.39. The molecule has 0 bridgehead atoms. The van der Waals surface area contributed by atoms with E-state index in [1.165, 1.54) is 0 Å². The van der Waals surface area contributed by atoms with E-state index < -0.39 is 17.9 Å². The standard InChI is InChI=1S/C12H15BrN2O4/c1-19-10-4-2-7(6-8(10)13)15-12(18)9(14)3-5-11(16)17/h2,4,6,9H,3,5,14H2,1H3,(H,15,18)(H,16,17). The number of aliphatic carboxylic acids is 1. The predicted octanol–water partition coefficient (Wildman–Crippen LogP) is 1.59. The summed E-state index contributed by atoms with van der Waals surface area (Å²) < 4.78 is 5.77. The number of carbonyl (C=O) groups excluding carboxylic acids is 1. The molecule has 1 aromatic carbocycles. The molecular weight excluding hydrogens is 316 g/mol. The highest BCUT2D eigenvalue weighted by Crippen LogP contribution is 2.27. The number of hydrogen-bond donors (Lipinski definition) is 3. The van der Waals surface area contributed by atoms with E-state index in [1.54, 1.807) is 25.3 Å². The van der Waals surface area contributed by atoms with Gasteiger partial charge in [0.15, 0.2) is 0 Å². The van der Waals surface area contributed by atoms with Crippen LogP contribution in [0, 0.1) is 0 Å². The maximum absolute atomic E-state index is 11.7. The molecule has 1 unspecified atom stereocenters. The Morgan fingerprint density at radius 2 is 2.21 bits per heavy atom. The second-order valence-electron chi connectivity index (χ2n) is 3.88. The van der Waals surface area contributed by atoms with Crippen molar-refractivity contribution in [3.05, 3.63) is 22.7 Å². The van der Waals surface area contributed by atoms with Gasteiger partial charge in [-0.25, -0.2) is 0 Å². The Hall–Kier alpha value is -1.60. The van der Waals surface area contributed by atoms with E-state index >= 15 is 0 Å². The van der Waals surface area contributed by atoms with Gasteiger partial charge in [0.1, 0.15) is 5.75 Å². The number of nitrogens with two attached hydrogens (primary N) is 1. The first kappa shape index (κ1) is 15.5. The molecule has 1 rings (SSSR count). The van der Waals surface area contributed by atoms with Gasteiger partial charge in [0, 0.05) is 12.1 Å². The molecule has 0 radical (unpaired) electrons. The van der Waals surface area contributed by atoms with Crippen LogP contribution < -0.4 is 15.8 Å². The Balaban J connectivity index is 2.61. The number of carboxylic acids is 1. The highest BCUT2D eigenvalue weighted by Gasteiger charge is 2.15. The van der Waals surface area contributed by atoms with Crippen LogP contribution >= 0.6 is 15.9 Å². The molecule has 0 spiro atoms. The van der Waals surface area contributed by atoms with Crippen molar-refractivity contribution < 1.29 is 19.4 Å². The summed E-state index contributed by atoms with van der Waals surface area (Å²) in [4.78, 5) is 22.1. The molecule has 1 aromatic rings. The average Bonchev–Trinajstić information content (AvgIpc) is 2.36. The van der Waals surface area contributed by atoms with E-state index in [-0.39, 0.29) is 12.8 Å². The summed E-state index contributed by atoms with van der Waals surface area (Å²) in [5, 5.41) is 11.1. The van der Waals surface area contributed by atoms with Crippen molar-refractivity contribution in [2.45, 2.75) is 18.9 Å². The second kappa shape index (κ2) is 7.10. The van der Waals surface area contributed by atoms with E-state index in [4.69, 9.17) is 15.6 Å². The number of nitrogens with one attached hydrogen (secondary N) is 1. The SMILES string of the molecule is COc1ccc(NC(=O)C(N)CCC(=O)O)cc1Br. The van der Waals surface area contributed by atoms with Crippen molar-refractivity contribution in [3.8, 4) is 5.75 Å². The van der Waals surface area contributed by atoms with E-state index in [1.807, 2.05) is 0 Å². The molecule has 0 fully saturated rings. The number of methoxy groups -OCH3 is 1. The Bertz CT molecular complexity index is 479. The van der Waals surface area contributed by atoms with Gasteiger partial charge in [-0.3, -0.25) is 9.59 Å². The predicted molar refractivity (Wildman–Crippen MR) is 74.2 cm³/mol. The van der Waals surface area contributed by atoms with Crippen molar-refractivity contribution in [1.82, 2.24) is 0 Å². The summed E-state index contributed by atoms with van der Waals surface area (Å²) in [5.74, 6) is -0.748. The lowest BCUT2D eigenvalue weighted by Gasteiger charge is -2.12. The lowest BCUT2D eigenvalue weighted by molar-refractivity contribution is -0.137. The van der Waals surface area contributed by atoms with Crippen LogP contribution in [0.15, 0.2) is 22.7 Å². The number of ether oxygens (including phenoxy) is 1. The smallest absolute Gasteiger partial charge is 0.303 e. The quantitative estimate of drug-likeness (QED) is 0.735. The summed E-state index contributed by atoms with van der Waals surface area (Å²) >= 11 is 3.30. The third-order valence-electron chi connectivity index (χ3n) is 2.43. The van der Waals surface area contributed by atoms with Crippen LogP contribution in [-0.4, -0.2) is 30.1 Å². The maximum atomic E-state index is 11.7. The average molecular weight is 331 g/mol. The molecule has 0 heterocycles. The monoisotopic (exact) mass is 330 g/mol. The zero-order valence-corrected chi connectivity index (χ0v) is 11.9. The summed E-state index contributed by atoms with van der Waals surface area (Å²) in [7, 11) is 1.54. The van der Waals surface area contributed by atoms with Gasteiger partial charge in [0.2, 0.25) is 5.91 Å². The first-order valence-corrected chi connectivity index (χ1v) is 6.35. The molecule has 0 saturated heterocycles. The number of benzene rings is 1. The summed E-state index contributed by atoms with van der Waals surface area (Å²) in [5.41, 5.74) is 6.15. The lowest BCUT2D eigenvalue weighted by atomic mass is 10.1. The molecule has 1 amide bonds. The molecule has 7 heteroatoms. The van der Waals surface area contributed by atoms with Crippen LogP contribution in [-0.2, 0) is 9.59 Å². The normalized spacial score (nSPS) is 11.7. The number of anilines is 1. The summed E-state index contributed by atoms with van der Waals surface area (Å²) in [6, 6.07) is 4.20. The van der Waals surface area contributed by atoms with Crippen LogP contribution in [0.2, 0.25) is 0 Å². The third kappa shape index (κ3) is 4.88. The molecule has 1 atom stereocenters. The van der Waals surface area contributed by atoms with Gasteiger partial charge in [-0.15, -0.1) is 0 Å². The van der Waals surface area contributed by atoms with Crippen molar-refractivity contribution in [2.24, 2.45) is 5.73 Å². The Morgan fingerprint density at radius 3 is 2.74 bits per heavy atom. The van der Waals surface area contributed by atoms with Gasteiger partial charge in [0.05, 0.1) is 17.6 Å². The van der Waals surface area contributed by atoms with Crippen molar-refractivity contribution in [2.75, 3.05) is 12.4 Å². The fraction of sp³-hybridized carbons (Fsp3) is 0.333. The number of carbonyl (C=O) groups is 2. The van der Waals surface area contributed by atoms with Crippen LogP contribution in [0.1, 0.15) is 12.8 Å². The molecule has 0 aliphatic heterocycles. The lowest BCUT2D eigenvalue weighted by Crippen LogP contribution is -2.36. The van der Waals surface area contributed by atoms with E-state index in [0.29, 0.717) is 15.9 Å². The number of hydrogen-bond acceptors (Lipinski definition) is 4. The van der Waals surface area contributed by atoms with Crippen LogP contribution in [0.5, 0.6) is 5.75 Å². The molecule has 0 saturated carbocycles. The minimum Gasteiger partial charge on any atom is -0.496 e. The first-order chi connectivity index (χ1) is 8.93. The number of halogens is 1. The van der Waals surface area contributed by atoms with Crippen molar-refractivity contribution in [1.29, 1.82) is 0 Å². The molecule has 104 valence electrons. The Morgan fingerprint density at radius 1 is 1.53 bits per heavy atom. The number of amides is 1. The minimum atomic E-state index is -0.976. The van der Waals surface area contributed by atoms with Gasteiger partial charge in [-0.2, -0.15) is 0 Å². The highest BCUT2D eigenvalue weighted by atomic mass is 79.9. The molecule has 19 heavy (non-hydrogen) atoms. The van der Waals surface area contributed by atoms with Crippen molar-refractivity contribution >= 4 is 33.5 Å². The minimum absolute atomic E-state index is 0.0957. The Kier molecular flexibility index (Phi) is 5.78. The molecule has 6 nitrogen and oxygen atoms in total. The van der Waals surface area contributed by atoms with Gasteiger partial charge in [0.25, 0.3) is 0 Å². The van der Waals surface area contributed by atoms with Crippen LogP contribution in [0.4, 0.5) is 5.69 Å². The van der Waals surface area contributed by atoms with Gasteiger partial charge in [-0.1, -0.05) is 0 Å². The van der Waals surface area contributed by atoms with Gasteiger partial charge in [-0.05, 0) is 40.5 Å². The van der Waals surface area contributed by atoms with Gasteiger partial charge >= 0.3 is 5.97 Å². The first-order valence-electron chi connectivity index (χ1n) is 5.56. The summed E-state index contributed by atoms with van der Waals surface area (Å²) in [6.07, 6.45) is -0.0423. The largest absolute Gasteiger partial charge is 0.496 e. The fourth-order valence-corrected chi connectivity index (χ4v) is 1.93.